The number of carbonyl (C=O) groups is 1. The Kier molecular flexibility index (Phi) is 5.31. The van der Waals surface area contributed by atoms with Crippen LogP contribution in [0.15, 0.2) is 30.3 Å². The number of hydrogen-bond donors (Lipinski definition) is 1. The highest BCUT2D eigenvalue weighted by Gasteiger charge is 2.23. The molecule has 0 aromatic heterocycles. The van der Waals surface area contributed by atoms with Crippen molar-refractivity contribution in [2.75, 3.05) is 27.7 Å². The fraction of sp³-hybridized carbons (Fsp3) is 0.500. The molecule has 0 spiro atoms. The van der Waals surface area contributed by atoms with Crippen LogP contribution < -0.4 is 0 Å². The molecule has 0 aliphatic carbocycles. The van der Waals surface area contributed by atoms with Crippen molar-refractivity contribution in [1.29, 1.82) is 0 Å². The first kappa shape index (κ1) is 14.7. The van der Waals surface area contributed by atoms with Gasteiger partial charge in [-0.05, 0) is 26.6 Å². The average molecular weight is 250 g/mol. The lowest BCUT2D eigenvalue weighted by atomic mass is 10.0. The summed E-state index contributed by atoms with van der Waals surface area (Å²) >= 11 is 0. The van der Waals surface area contributed by atoms with Gasteiger partial charge >= 0.3 is 0 Å². The summed E-state index contributed by atoms with van der Waals surface area (Å²) in [5.74, 6) is 0.00230. The predicted molar refractivity (Wildman–Crippen MR) is 72.2 cm³/mol. The third-order valence-electron chi connectivity index (χ3n) is 3.05. The summed E-state index contributed by atoms with van der Waals surface area (Å²) < 4.78 is 0. The van der Waals surface area contributed by atoms with E-state index in [-0.39, 0.29) is 11.9 Å². The fourth-order valence-corrected chi connectivity index (χ4v) is 1.75. The number of nitrogens with zero attached hydrogens (tertiary/aromatic N) is 2. The van der Waals surface area contributed by atoms with Gasteiger partial charge in [-0.15, -0.1) is 0 Å². The number of aliphatic hydroxyl groups excluding tert-OH is 1. The molecular formula is C14H22N2O2. The van der Waals surface area contributed by atoms with Crippen LogP contribution in [0.1, 0.15) is 18.6 Å². The van der Waals surface area contributed by atoms with Crippen LogP contribution in [0.3, 0.4) is 0 Å². The maximum Gasteiger partial charge on any atom is 0.236 e. The first-order chi connectivity index (χ1) is 8.43. The van der Waals surface area contributed by atoms with E-state index in [9.17, 15) is 9.90 Å². The van der Waals surface area contributed by atoms with Crippen molar-refractivity contribution < 1.29 is 9.90 Å². The topological polar surface area (TPSA) is 43.8 Å². The van der Waals surface area contributed by atoms with Crippen molar-refractivity contribution in [1.82, 2.24) is 9.80 Å². The maximum atomic E-state index is 11.9. The lowest BCUT2D eigenvalue weighted by Gasteiger charge is -2.30. The van der Waals surface area contributed by atoms with Crippen LogP contribution in [0.25, 0.3) is 0 Å². The first-order valence-corrected chi connectivity index (χ1v) is 6.07. The molecule has 0 aliphatic rings. The Labute approximate surface area is 109 Å². The van der Waals surface area contributed by atoms with E-state index in [1.54, 1.807) is 11.9 Å². The SMILES string of the molecule is CC(C(O)c1ccccc1)N(C)C(=O)CN(C)C. The Morgan fingerprint density at radius 2 is 1.78 bits per heavy atom. The summed E-state index contributed by atoms with van der Waals surface area (Å²) in [6, 6.07) is 9.15. The van der Waals surface area contributed by atoms with E-state index < -0.39 is 6.10 Å². The van der Waals surface area contributed by atoms with Crippen LogP contribution in [0, 0.1) is 0 Å². The molecule has 4 heteroatoms. The smallest absolute Gasteiger partial charge is 0.236 e. The number of hydrogen-bond acceptors (Lipinski definition) is 3. The van der Waals surface area contributed by atoms with E-state index in [4.69, 9.17) is 0 Å². The Balaban J connectivity index is 2.69. The van der Waals surface area contributed by atoms with Gasteiger partial charge in [0.25, 0.3) is 0 Å². The summed E-state index contributed by atoms with van der Waals surface area (Å²) in [5.41, 5.74) is 0.828. The summed E-state index contributed by atoms with van der Waals surface area (Å²) in [4.78, 5) is 15.3. The van der Waals surface area contributed by atoms with Crippen molar-refractivity contribution >= 4 is 5.91 Å². The van der Waals surface area contributed by atoms with Gasteiger partial charge in [0.05, 0.1) is 18.7 Å². The lowest BCUT2D eigenvalue weighted by Crippen LogP contribution is -2.43. The van der Waals surface area contributed by atoms with Crippen LogP contribution >= 0.6 is 0 Å². The number of benzene rings is 1. The summed E-state index contributed by atoms with van der Waals surface area (Å²) in [6.07, 6.45) is -0.665. The van der Waals surface area contributed by atoms with Gasteiger partial charge in [-0.2, -0.15) is 0 Å². The van der Waals surface area contributed by atoms with E-state index in [0.717, 1.165) is 5.56 Å². The molecule has 0 aliphatic heterocycles. The number of aliphatic hydroxyl groups is 1. The first-order valence-electron chi connectivity index (χ1n) is 6.07. The zero-order valence-corrected chi connectivity index (χ0v) is 11.5. The lowest BCUT2D eigenvalue weighted by molar-refractivity contribution is -0.134. The van der Waals surface area contributed by atoms with Gasteiger partial charge in [0.2, 0.25) is 5.91 Å². The van der Waals surface area contributed by atoms with Crippen molar-refractivity contribution in [3.05, 3.63) is 35.9 Å². The Morgan fingerprint density at radius 3 is 2.28 bits per heavy atom. The molecule has 1 rings (SSSR count). The second kappa shape index (κ2) is 6.52. The standard InChI is InChI=1S/C14H22N2O2/c1-11(16(4)13(17)10-15(2)3)14(18)12-8-6-5-7-9-12/h5-9,11,14,18H,10H2,1-4H3. The number of likely N-dealkylation sites (N-methyl/N-ethyl adjacent to an activating group) is 2. The molecule has 1 N–H and O–H groups in total. The zero-order valence-electron chi connectivity index (χ0n) is 11.5. The molecule has 4 nitrogen and oxygen atoms in total. The minimum absolute atomic E-state index is 0.00230. The molecule has 0 radical (unpaired) electrons. The Bertz CT molecular complexity index is 379. The van der Waals surface area contributed by atoms with Crippen molar-refractivity contribution in [2.24, 2.45) is 0 Å². The molecule has 0 fully saturated rings. The third kappa shape index (κ3) is 3.82. The van der Waals surface area contributed by atoms with E-state index >= 15 is 0 Å². The predicted octanol–water partition coefficient (Wildman–Crippen LogP) is 1.13. The fourth-order valence-electron chi connectivity index (χ4n) is 1.75. The van der Waals surface area contributed by atoms with Gasteiger partial charge in [0.1, 0.15) is 0 Å². The van der Waals surface area contributed by atoms with Crippen molar-refractivity contribution in [3.63, 3.8) is 0 Å². The van der Waals surface area contributed by atoms with Crippen LogP contribution in [0.4, 0.5) is 0 Å². The molecule has 2 unspecified atom stereocenters. The molecule has 0 heterocycles. The molecule has 0 saturated carbocycles. The molecule has 18 heavy (non-hydrogen) atoms. The summed E-state index contributed by atoms with van der Waals surface area (Å²) in [6.45, 7) is 2.20. The Morgan fingerprint density at radius 1 is 1.22 bits per heavy atom. The molecule has 1 aromatic carbocycles. The highest BCUT2D eigenvalue weighted by Crippen LogP contribution is 2.19. The molecular weight excluding hydrogens is 228 g/mol. The second-order valence-corrected chi connectivity index (χ2v) is 4.84. The summed E-state index contributed by atoms with van der Waals surface area (Å²) in [5, 5.41) is 10.2. The number of rotatable bonds is 5. The van der Waals surface area contributed by atoms with E-state index in [0.29, 0.717) is 6.54 Å². The minimum Gasteiger partial charge on any atom is -0.386 e. The van der Waals surface area contributed by atoms with Gasteiger partial charge in [-0.25, -0.2) is 0 Å². The molecule has 2 atom stereocenters. The number of carbonyl (C=O) groups excluding carboxylic acids is 1. The van der Waals surface area contributed by atoms with Crippen LogP contribution in [-0.2, 0) is 4.79 Å². The van der Waals surface area contributed by atoms with Crippen molar-refractivity contribution in [2.45, 2.75) is 19.1 Å². The van der Waals surface area contributed by atoms with Gasteiger partial charge in [-0.3, -0.25) is 4.79 Å². The molecule has 100 valence electrons. The Hall–Kier alpha value is -1.39. The van der Waals surface area contributed by atoms with E-state index in [1.807, 2.05) is 56.3 Å². The molecule has 1 amide bonds. The monoisotopic (exact) mass is 250 g/mol. The zero-order chi connectivity index (χ0) is 13.7. The van der Waals surface area contributed by atoms with Crippen LogP contribution in [-0.4, -0.2) is 54.5 Å². The van der Waals surface area contributed by atoms with Crippen LogP contribution in [0.5, 0.6) is 0 Å². The highest BCUT2D eigenvalue weighted by atomic mass is 16.3. The van der Waals surface area contributed by atoms with E-state index in [1.165, 1.54) is 0 Å². The summed E-state index contributed by atoms with van der Waals surface area (Å²) in [7, 11) is 5.43. The van der Waals surface area contributed by atoms with Gasteiger partial charge in [0.15, 0.2) is 0 Å². The van der Waals surface area contributed by atoms with Gasteiger partial charge in [-0.1, -0.05) is 30.3 Å². The van der Waals surface area contributed by atoms with Gasteiger partial charge < -0.3 is 14.9 Å². The maximum absolute atomic E-state index is 11.9. The molecule has 0 saturated heterocycles. The second-order valence-electron chi connectivity index (χ2n) is 4.84. The quantitative estimate of drug-likeness (QED) is 0.852. The number of amides is 1. The third-order valence-corrected chi connectivity index (χ3v) is 3.05. The molecule has 1 aromatic rings. The minimum atomic E-state index is -0.665. The molecule has 0 bridgehead atoms. The largest absolute Gasteiger partial charge is 0.386 e. The highest BCUT2D eigenvalue weighted by molar-refractivity contribution is 5.78. The van der Waals surface area contributed by atoms with Crippen molar-refractivity contribution in [3.8, 4) is 0 Å². The van der Waals surface area contributed by atoms with Gasteiger partial charge in [0, 0.05) is 7.05 Å². The average Bonchev–Trinajstić information content (AvgIpc) is 2.36. The van der Waals surface area contributed by atoms with E-state index in [2.05, 4.69) is 0 Å². The van der Waals surface area contributed by atoms with Crippen LogP contribution in [0.2, 0.25) is 0 Å². The normalized spacial score (nSPS) is 14.3.